The van der Waals surface area contributed by atoms with Gasteiger partial charge in [-0.25, -0.2) is 15.0 Å². The molecule has 0 unspecified atom stereocenters. The SMILES string of the molecule is OCC1(CO)COC(Cc2ccc3ncnc(Nc4ccc(OCc5ccccn5)c(Cl)c4)c3c2)=N1. The van der Waals surface area contributed by atoms with Crippen molar-refractivity contribution >= 4 is 39.9 Å². The second-order valence-corrected chi connectivity index (χ2v) is 8.87. The third-order valence-electron chi connectivity index (χ3n) is 5.81. The van der Waals surface area contributed by atoms with E-state index in [-0.39, 0.29) is 19.8 Å². The third-order valence-corrected chi connectivity index (χ3v) is 6.10. The molecule has 0 bridgehead atoms. The van der Waals surface area contributed by atoms with E-state index < -0.39 is 5.54 Å². The molecule has 5 rings (SSSR count). The number of pyridine rings is 1. The van der Waals surface area contributed by atoms with Crippen LogP contribution in [-0.4, -0.2) is 56.4 Å². The third kappa shape index (κ3) is 5.23. The van der Waals surface area contributed by atoms with Crippen molar-refractivity contribution in [2.75, 3.05) is 25.1 Å². The molecule has 0 saturated heterocycles. The number of aliphatic hydroxyl groups excluding tert-OH is 2. The zero-order chi connectivity index (χ0) is 25.0. The minimum atomic E-state index is -0.977. The summed E-state index contributed by atoms with van der Waals surface area (Å²) in [5.74, 6) is 1.65. The average Bonchev–Trinajstić information content (AvgIpc) is 3.32. The van der Waals surface area contributed by atoms with Gasteiger partial charge in [0.05, 0.1) is 29.4 Å². The maximum atomic E-state index is 9.55. The van der Waals surface area contributed by atoms with Crippen LogP contribution in [0.15, 0.2) is 72.1 Å². The van der Waals surface area contributed by atoms with Gasteiger partial charge in [-0.1, -0.05) is 23.7 Å². The van der Waals surface area contributed by atoms with Crippen LogP contribution in [0, 0.1) is 0 Å². The van der Waals surface area contributed by atoms with Gasteiger partial charge in [0.1, 0.15) is 36.6 Å². The van der Waals surface area contributed by atoms with Crippen LogP contribution in [0.4, 0.5) is 11.5 Å². The molecule has 0 saturated carbocycles. The quantitative estimate of drug-likeness (QED) is 0.315. The van der Waals surface area contributed by atoms with Crippen LogP contribution < -0.4 is 10.1 Å². The molecule has 0 spiro atoms. The van der Waals surface area contributed by atoms with Crippen LogP contribution in [0.2, 0.25) is 5.02 Å². The second kappa shape index (κ2) is 10.4. The zero-order valence-corrected chi connectivity index (χ0v) is 20.0. The highest BCUT2D eigenvalue weighted by molar-refractivity contribution is 6.32. The number of anilines is 2. The predicted molar refractivity (Wildman–Crippen MR) is 137 cm³/mol. The number of aromatic nitrogens is 3. The van der Waals surface area contributed by atoms with Crippen molar-refractivity contribution in [3.8, 4) is 5.75 Å². The molecule has 0 fully saturated rings. The van der Waals surface area contributed by atoms with Crippen molar-refractivity contribution in [1.82, 2.24) is 15.0 Å². The Bertz CT molecular complexity index is 1400. The Morgan fingerprint density at radius 2 is 1.92 bits per heavy atom. The number of hydrogen-bond acceptors (Lipinski definition) is 9. The standard InChI is InChI=1S/C26H24ClN5O4/c27-21-11-18(5-7-23(21)35-12-19-3-1-2-8-28-19)31-25-20-9-17(4-6-22(20)29-16-30-25)10-24-32-26(13-33,14-34)15-36-24/h1-9,11,16,33-34H,10,12-15H2,(H,29,30,31). The molecule has 0 radical (unpaired) electrons. The largest absolute Gasteiger partial charge is 0.486 e. The van der Waals surface area contributed by atoms with Gasteiger partial charge in [0.15, 0.2) is 5.90 Å². The van der Waals surface area contributed by atoms with Crippen LogP contribution in [-0.2, 0) is 17.8 Å². The summed E-state index contributed by atoms with van der Waals surface area (Å²) >= 11 is 6.47. The van der Waals surface area contributed by atoms with Gasteiger partial charge in [0.2, 0.25) is 0 Å². The minimum Gasteiger partial charge on any atom is -0.486 e. The molecule has 36 heavy (non-hydrogen) atoms. The van der Waals surface area contributed by atoms with E-state index in [9.17, 15) is 10.2 Å². The molecule has 184 valence electrons. The molecule has 3 N–H and O–H groups in total. The van der Waals surface area contributed by atoms with Crippen molar-refractivity contribution < 1.29 is 19.7 Å². The molecule has 9 nitrogen and oxygen atoms in total. The molecule has 4 aromatic rings. The number of fused-ring (bicyclic) bond motifs is 1. The van der Waals surface area contributed by atoms with Gasteiger partial charge in [0.25, 0.3) is 0 Å². The van der Waals surface area contributed by atoms with Gasteiger partial charge in [-0.05, 0) is 48.0 Å². The van der Waals surface area contributed by atoms with Crippen molar-refractivity contribution in [3.63, 3.8) is 0 Å². The summed E-state index contributed by atoms with van der Waals surface area (Å²) in [7, 11) is 0. The average molecular weight is 506 g/mol. The molecular formula is C26H24ClN5O4. The van der Waals surface area contributed by atoms with Crippen molar-refractivity contribution in [3.05, 3.63) is 83.4 Å². The van der Waals surface area contributed by atoms with Crippen molar-refractivity contribution in [2.45, 2.75) is 18.6 Å². The Hall–Kier alpha value is -3.79. The molecule has 1 aliphatic heterocycles. The number of nitrogens with zero attached hydrogens (tertiary/aromatic N) is 4. The number of halogens is 1. The first kappa shape index (κ1) is 23.9. The van der Waals surface area contributed by atoms with Crippen molar-refractivity contribution in [1.29, 1.82) is 0 Å². The zero-order valence-electron chi connectivity index (χ0n) is 19.3. The van der Waals surface area contributed by atoms with Gasteiger partial charge in [-0.2, -0.15) is 0 Å². The van der Waals surface area contributed by atoms with Gasteiger partial charge in [-0.3, -0.25) is 4.98 Å². The maximum Gasteiger partial charge on any atom is 0.188 e. The lowest BCUT2D eigenvalue weighted by molar-refractivity contribution is 0.0973. The number of hydrogen-bond donors (Lipinski definition) is 3. The summed E-state index contributed by atoms with van der Waals surface area (Å²) < 4.78 is 11.4. The Kier molecular flexibility index (Phi) is 6.95. The summed E-state index contributed by atoms with van der Waals surface area (Å²) in [5.41, 5.74) is 2.28. The van der Waals surface area contributed by atoms with Crippen LogP contribution in [0.3, 0.4) is 0 Å². The summed E-state index contributed by atoms with van der Waals surface area (Å²) in [6.45, 7) is -0.0785. The van der Waals surface area contributed by atoms with Crippen LogP contribution in [0.25, 0.3) is 10.9 Å². The smallest absolute Gasteiger partial charge is 0.188 e. The first-order valence-corrected chi connectivity index (χ1v) is 11.7. The first-order valence-electron chi connectivity index (χ1n) is 11.3. The summed E-state index contributed by atoms with van der Waals surface area (Å²) in [5, 5.41) is 23.7. The molecule has 2 aromatic carbocycles. The van der Waals surface area contributed by atoms with E-state index in [1.165, 1.54) is 6.33 Å². The van der Waals surface area contributed by atoms with E-state index in [0.29, 0.717) is 35.5 Å². The topological polar surface area (TPSA) is 122 Å². The Labute approximate surface area is 212 Å². The number of aliphatic imine (C=N–C) groups is 1. The summed E-state index contributed by atoms with van der Waals surface area (Å²) in [4.78, 5) is 17.4. The number of ether oxygens (including phenoxy) is 2. The van der Waals surface area contributed by atoms with Crippen LogP contribution in [0.1, 0.15) is 11.3 Å². The lowest BCUT2D eigenvalue weighted by atomic mass is 10.1. The molecule has 3 heterocycles. The van der Waals surface area contributed by atoms with Crippen molar-refractivity contribution in [2.24, 2.45) is 4.99 Å². The fraction of sp³-hybridized carbons (Fsp3) is 0.231. The molecule has 0 amide bonds. The molecule has 2 aromatic heterocycles. The molecule has 0 atom stereocenters. The predicted octanol–water partition coefficient (Wildman–Crippen LogP) is 3.70. The molecular weight excluding hydrogens is 482 g/mol. The maximum absolute atomic E-state index is 9.55. The highest BCUT2D eigenvalue weighted by Gasteiger charge is 2.35. The van der Waals surface area contributed by atoms with E-state index in [1.807, 2.05) is 42.5 Å². The highest BCUT2D eigenvalue weighted by atomic mass is 35.5. The lowest BCUT2D eigenvalue weighted by Gasteiger charge is -2.16. The normalized spacial score (nSPS) is 14.4. The Balaban J connectivity index is 1.33. The van der Waals surface area contributed by atoms with Gasteiger partial charge >= 0.3 is 0 Å². The molecule has 1 aliphatic rings. The Morgan fingerprint density at radius 3 is 2.67 bits per heavy atom. The van der Waals surface area contributed by atoms with Gasteiger partial charge < -0.3 is 25.0 Å². The van der Waals surface area contributed by atoms with Gasteiger partial charge in [0, 0.05) is 23.7 Å². The lowest BCUT2D eigenvalue weighted by Crippen LogP contribution is -2.37. The summed E-state index contributed by atoms with van der Waals surface area (Å²) in [6.07, 6.45) is 3.63. The minimum absolute atomic E-state index is 0.154. The highest BCUT2D eigenvalue weighted by Crippen LogP contribution is 2.31. The van der Waals surface area contributed by atoms with E-state index in [0.717, 1.165) is 27.8 Å². The second-order valence-electron chi connectivity index (χ2n) is 8.47. The fourth-order valence-corrected chi connectivity index (χ4v) is 4.04. The fourth-order valence-electron chi connectivity index (χ4n) is 3.80. The number of benzene rings is 2. The van der Waals surface area contributed by atoms with Gasteiger partial charge in [-0.15, -0.1) is 0 Å². The molecule has 10 heteroatoms. The van der Waals surface area contributed by atoms with Crippen LogP contribution in [0.5, 0.6) is 5.75 Å². The monoisotopic (exact) mass is 505 g/mol. The van der Waals surface area contributed by atoms with Crippen LogP contribution >= 0.6 is 11.6 Å². The Morgan fingerprint density at radius 1 is 1.03 bits per heavy atom. The van der Waals surface area contributed by atoms with E-state index >= 15 is 0 Å². The number of aliphatic hydroxyl groups is 2. The van der Waals surface area contributed by atoms with E-state index in [1.54, 1.807) is 18.3 Å². The van der Waals surface area contributed by atoms with E-state index in [2.05, 4.69) is 25.3 Å². The number of nitrogens with one attached hydrogen (secondary N) is 1. The molecule has 0 aliphatic carbocycles. The van der Waals surface area contributed by atoms with E-state index in [4.69, 9.17) is 21.1 Å². The first-order chi connectivity index (χ1) is 17.6. The number of rotatable bonds is 9. The summed E-state index contributed by atoms with van der Waals surface area (Å²) in [6, 6.07) is 16.9.